The summed E-state index contributed by atoms with van der Waals surface area (Å²) in [5, 5.41) is 3.45. The largest absolute Gasteiger partial charge is 0.380 e. The maximum Gasteiger partial charge on any atom is 0.0590 e. The Hall–Kier alpha value is -0.610. The fraction of sp³-hybridized carbons (Fsp3) is 0.500. The Labute approximate surface area is 92.2 Å². The fourth-order valence-electron chi connectivity index (χ4n) is 1.56. The van der Waals surface area contributed by atoms with Crippen LogP contribution in [0, 0.1) is 5.92 Å². The molecule has 0 saturated heterocycles. The minimum absolute atomic E-state index is 0.411. The molecule has 1 aromatic heterocycles. The van der Waals surface area contributed by atoms with Crippen molar-refractivity contribution in [1.82, 2.24) is 4.98 Å². The Morgan fingerprint density at radius 2 is 2.43 bits per heavy atom. The zero-order chi connectivity index (χ0) is 9.97. The van der Waals surface area contributed by atoms with Crippen molar-refractivity contribution in [2.45, 2.75) is 18.9 Å². The van der Waals surface area contributed by atoms with Crippen molar-refractivity contribution < 1.29 is 0 Å². The molecule has 0 bridgehead atoms. The predicted octanol–water partition coefficient (Wildman–Crippen LogP) is 1.99. The first-order valence-corrected chi connectivity index (χ1v) is 5.66. The molecular weight excluding hydrogens is 242 g/mol. The number of hydrogen-bond donors (Lipinski definition) is 2. The first-order chi connectivity index (χ1) is 6.81. The molecule has 1 heterocycles. The van der Waals surface area contributed by atoms with Gasteiger partial charge in [-0.15, -0.1) is 0 Å². The molecule has 0 aliphatic heterocycles. The molecular formula is C10H14BrN3. The number of nitrogens with zero attached hydrogens (tertiary/aromatic N) is 1. The van der Waals surface area contributed by atoms with E-state index in [1.54, 1.807) is 12.4 Å². The minimum Gasteiger partial charge on any atom is -0.380 e. The number of nitrogens with one attached hydrogen (secondary N) is 1. The van der Waals surface area contributed by atoms with E-state index in [4.69, 9.17) is 5.73 Å². The highest BCUT2D eigenvalue weighted by Gasteiger charge is 2.30. The molecule has 1 aliphatic carbocycles. The van der Waals surface area contributed by atoms with Crippen molar-refractivity contribution in [3.8, 4) is 0 Å². The molecule has 0 aromatic carbocycles. The molecule has 1 aliphatic rings. The van der Waals surface area contributed by atoms with Crippen LogP contribution in [0.4, 0.5) is 5.69 Å². The molecule has 2 rings (SSSR count). The highest BCUT2D eigenvalue weighted by atomic mass is 79.9. The van der Waals surface area contributed by atoms with Crippen molar-refractivity contribution in [2.24, 2.45) is 11.7 Å². The fourth-order valence-corrected chi connectivity index (χ4v) is 1.92. The van der Waals surface area contributed by atoms with E-state index in [1.807, 2.05) is 6.07 Å². The summed E-state index contributed by atoms with van der Waals surface area (Å²) in [4.78, 5) is 4.02. The summed E-state index contributed by atoms with van der Waals surface area (Å²) < 4.78 is 0.999. The number of nitrogens with two attached hydrogens (primary N) is 1. The molecule has 3 N–H and O–H groups in total. The van der Waals surface area contributed by atoms with Crippen molar-refractivity contribution >= 4 is 21.6 Å². The molecule has 1 fully saturated rings. The van der Waals surface area contributed by atoms with E-state index in [9.17, 15) is 0 Å². The van der Waals surface area contributed by atoms with Gasteiger partial charge < -0.3 is 11.1 Å². The van der Waals surface area contributed by atoms with Gasteiger partial charge in [0, 0.05) is 25.0 Å². The zero-order valence-corrected chi connectivity index (χ0v) is 9.50. The van der Waals surface area contributed by atoms with E-state index in [0.29, 0.717) is 12.6 Å². The van der Waals surface area contributed by atoms with Crippen LogP contribution in [0.2, 0.25) is 0 Å². The van der Waals surface area contributed by atoms with Gasteiger partial charge in [-0.3, -0.25) is 4.98 Å². The summed E-state index contributed by atoms with van der Waals surface area (Å²) in [6, 6.07) is 2.38. The second-order valence-electron chi connectivity index (χ2n) is 3.68. The van der Waals surface area contributed by atoms with Gasteiger partial charge in [-0.1, -0.05) is 0 Å². The molecule has 0 amide bonds. The van der Waals surface area contributed by atoms with Gasteiger partial charge in [-0.2, -0.15) is 0 Å². The average Bonchev–Trinajstić information content (AvgIpc) is 3.00. The van der Waals surface area contributed by atoms with Crippen LogP contribution >= 0.6 is 15.9 Å². The summed E-state index contributed by atoms with van der Waals surface area (Å²) in [6.45, 7) is 0.694. The Kier molecular flexibility index (Phi) is 3.03. The van der Waals surface area contributed by atoms with Crippen LogP contribution in [0.15, 0.2) is 22.9 Å². The van der Waals surface area contributed by atoms with Crippen LogP contribution in [-0.4, -0.2) is 17.6 Å². The number of halogens is 1. The third-order valence-electron chi connectivity index (χ3n) is 2.56. The minimum atomic E-state index is 0.411. The molecule has 1 aromatic rings. The van der Waals surface area contributed by atoms with Crippen LogP contribution in [0.1, 0.15) is 12.8 Å². The van der Waals surface area contributed by atoms with E-state index in [2.05, 4.69) is 26.2 Å². The van der Waals surface area contributed by atoms with Gasteiger partial charge in [0.05, 0.1) is 10.2 Å². The first kappa shape index (κ1) is 9.93. The van der Waals surface area contributed by atoms with Crippen molar-refractivity contribution in [3.63, 3.8) is 0 Å². The molecule has 3 nitrogen and oxygen atoms in total. The number of anilines is 1. The van der Waals surface area contributed by atoms with Crippen LogP contribution in [-0.2, 0) is 0 Å². The number of pyridine rings is 1. The normalized spacial score (nSPS) is 17.9. The van der Waals surface area contributed by atoms with Crippen LogP contribution in [0.5, 0.6) is 0 Å². The van der Waals surface area contributed by atoms with Gasteiger partial charge in [0.15, 0.2) is 0 Å². The van der Waals surface area contributed by atoms with Gasteiger partial charge in [0.25, 0.3) is 0 Å². The quantitative estimate of drug-likeness (QED) is 0.866. The molecule has 1 atom stereocenters. The van der Waals surface area contributed by atoms with Crippen LogP contribution in [0.25, 0.3) is 0 Å². The van der Waals surface area contributed by atoms with Gasteiger partial charge in [0.2, 0.25) is 0 Å². The second kappa shape index (κ2) is 4.28. The first-order valence-electron chi connectivity index (χ1n) is 4.87. The van der Waals surface area contributed by atoms with Crippen molar-refractivity contribution in [2.75, 3.05) is 11.9 Å². The highest BCUT2D eigenvalue weighted by molar-refractivity contribution is 9.10. The summed E-state index contributed by atoms with van der Waals surface area (Å²) >= 11 is 3.46. The molecule has 0 spiro atoms. The van der Waals surface area contributed by atoms with Gasteiger partial charge in [-0.05, 0) is 40.8 Å². The maximum absolute atomic E-state index is 5.72. The second-order valence-corrected chi connectivity index (χ2v) is 4.53. The van der Waals surface area contributed by atoms with Crippen molar-refractivity contribution in [1.29, 1.82) is 0 Å². The maximum atomic E-state index is 5.72. The SMILES string of the molecule is NCC(Nc1ccncc1Br)C1CC1. The molecule has 1 unspecified atom stereocenters. The Bertz CT molecular complexity index is 312. The zero-order valence-electron chi connectivity index (χ0n) is 7.91. The van der Waals surface area contributed by atoms with E-state index in [1.165, 1.54) is 12.8 Å². The third kappa shape index (κ3) is 2.25. The molecule has 1 saturated carbocycles. The lowest BCUT2D eigenvalue weighted by Gasteiger charge is -2.18. The van der Waals surface area contributed by atoms with E-state index >= 15 is 0 Å². The van der Waals surface area contributed by atoms with Gasteiger partial charge in [0.1, 0.15) is 0 Å². The monoisotopic (exact) mass is 255 g/mol. The average molecular weight is 256 g/mol. The number of rotatable bonds is 4. The van der Waals surface area contributed by atoms with Gasteiger partial charge in [-0.25, -0.2) is 0 Å². The molecule has 0 radical (unpaired) electrons. The lowest BCUT2D eigenvalue weighted by Crippen LogP contribution is -2.30. The van der Waals surface area contributed by atoms with Gasteiger partial charge >= 0.3 is 0 Å². The smallest absolute Gasteiger partial charge is 0.0590 e. The van der Waals surface area contributed by atoms with Crippen molar-refractivity contribution in [3.05, 3.63) is 22.9 Å². The summed E-state index contributed by atoms with van der Waals surface area (Å²) in [7, 11) is 0. The molecule has 76 valence electrons. The van der Waals surface area contributed by atoms with E-state index < -0.39 is 0 Å². The van der Waals surface area contributed by atoms with E-state index in [0.717, 1.165) is 16.1 Å². The number of aromatic nitrogens is 1. The Balaban J connectivity index is 2.04. The molecule has 14 heavy (non-hydrogen) atoms. The summed E-state index contributed by atoms with van der Waals surface area (Å²) in [5.74, 6) is 0.764. The number of hydrogen-bond acceptors (Lipinski definition) is 3. The Morgan fingerprint density at radius 1 is 1.64 bits per heavy atom. The summed E-state index contributed by atoms with van der Waals surface area (Å²) in [6.07, 6.45) is 6.19. The van der Waals surface area contributed by atoms with Crippen LogP contribution < -0.4 is 11.1 Å². The Morgan fingerprint density at radius 3 is 3.00 bits per heavy atom. The van der Waals surface area contributed by atoms with E-state index in [-0.39, 0.29) is 0 Å². The topological polar surface area (TPSA) is 50.9 Å². The lowest BCUT2D eigenvalue weighted by atomic mass is 10.2. The highest BCUT2D eigenvalue weighted by Crippen LogP contribution is 2.34. The third-order valence-corrected chi connectivity index (χ3v) is 3.19. The predicted molar refractivity (Wildman–Crippen MR) is 61.1 cm³/mol. The summed E-state index contributed by atoms with van der Waals surface area (Å²) in [5.41, 5.74) is 6.80. The standard InChI is InChI=1S/C10H14BrN3/c11-8-6-13-4-3-9(8)14-10(5-12)7-1-2-7/h3-4,6-7,10H,1-2,5,12H2,(H,13,14). The van der Waals surface area contributed by atoms with Crippen LogP contribution in [0.3, 0.4) is 0 Å². The molecule has 4 heteroatoms. The lowest BCUT2D eigenvalue weighted by molar-refractivity contribution is 0.645.